The van der Waals surface area contributed by atoms with Crippen LogP contribution in [0, 0.1) is 5.82 Å². The van der Waals surface area contributed by atoms with Gasteiger partial charge in [0.1, 0.15) is 18.2 Å². The summed E-state index contributed by atoms with van der Waals surface area (Å²) in [5.74, 6) is -1.52. The van der Waals surface area contributed by atoms with Gasteiger partial charge in [-0.3, -0.25) is 9.69 Å². The summed E-state index contributed by atoms with van der Waals surface area (Å²) in [5, 5.41) is 3.99. The van der Waals surface area contributed by atoms with Gasteiger partial charge in [-0.15, -0.1) is 0 Å². The van der Waals surface area contributed by atoms with Gasteiger partial charge in [0.2, 0.25) is 0 Å². The Morgan fingerprint density at radius 2 is 1.81 bits per heavy atom. The van der Waals surface area contributed by atoms with Crippen molar-refractivity contribution < 1.29 is 22.4 Å². The van der Waals surface area contributed by atoms with Gasteiger partial charge in [0.25, 0.3) is 5.91 Å². The van der Waals surface area contributed by atoms with Crippen molar-refractivity contribution in [2.75, 3.05) is 11.4 Å². The van der Waals surface area contributed by atoms with E-state index < -0.39 is 24.4 Å². The van der Waals surface area contributed by atoms with Gasteiger partial charge in [0.15, 0.2) is 5.69 Å². The summed E-state index contributed by atoms with van der Waals surface area (Å²) in [6.45, 7) is -1.49. The highest BCUT2D eigenvalue weighted by Gasteiger charge is 2.35. The number of nitrogens with zero attached hydrogens (tertiary/aromatic N) is 4. The number of hydrogen-bond donors (Lipinski definition) is 0. The summed E-state index contributed by atoms with van der Waals surface area (Å²) in [5.41, 5.74) is 0.273. The van der Waals surface area contributed by atoms with E-state index in [1.165, 1.54) is 65.6 Å². The number of alkyl halides is 3. The molecule has 0 aliphatic heterocycles. The molecule has 0 fully saturated rings. The number of carbonyl (C=O) groups is 1. The van der Waals surface area contributed by atoms with E-state index in [0.29, 0.717) is 10.6 Å². The Morgan fingerprint density at radius 3 is 2.42 bits per heavy atom. The van der Waals surface area contributed by atoms with Crippen LogP contribution in [0.5, 0.6) is 0 Å². The molecule has 0 atom stereocenters. The monoisotopic (exact) mass is 364 g/mol. The highest BCUT2D eigenvalue weighted by molar-refractivity contribution is 6.04. The van der Waals surface area contributed by atoms with Crippen molar-refractivity contribution in [3.05, 3.63) is 72.4 Å². The summed E-state index contributed by atoms with van der Waals surface area (Å²) >= 11 is 0. The zero-order chi connectivity index (χ0) is 18.7. The van der Waals surface area contributed by atoms with Crippen LogP contribution in [0.2, 0.25) is 0 Å². The minimum Gasteiger partial charge on any atom is -0.282 e. The second-order valence-corrected chi connectivity index (χ2v) is 5.32. The summed E-state index contributed by atoms with van der Waals surface area (Å²) in [7, 11) is 0. The van der Waals surface area contributed by atoms with E-state index in [9.17, 15) is 22.4 Å². The Morgan fingerprint density at radius 1 is 1.08 bits per heavy atom. The van der Waals surface area contributed by atoms with E-state index in [0.717, 1.165) is 0 Å². The number of hydrogen-bond acceptors (Lipinski definition) is 3. The average Bonchev–Trinajstić information content (AvgIpc) is 3.10. The fourth-order valence-corrected chi connectivity index (χ4v) is 2.26. The highest BCUT2D eigenvalue weighted by Crippen LogP contribution is 2.22. The van der Waals surface area contributed by atoms with Gasteiger partial charge < -0.3 is 0 Å². The summed E-state index contributed by atoms with van der Waals surface area (Å²) in [6, 6.07) is 10.9. The van der Waals surface area contributed by atoms with Crippen LogP contribution in [-0.2, 0) is 0 Å². The van der Waals surface area contributed by atoms with Crippen molar-refractivity contribution in [2.24, 2.45) is 0 Å². The van der Waals surface area contributed by atoms with Crippen molar-refractivity contribution in [1.29, 1.82) is 0 Å². The molecule has 2 aromatic heterocycles. The molecule has 3 aromatic rings. The second kappa shape index (κ2) is 6.95. The molecule has 0 saturated heterocycles. The lowest BCUT2D eigenvalue weighted by Crippen LogP contribution is -2.39. The first kappa shape index (κ1) is 17.6. The van der Waals surface area contributed by atoms with E-state index in [4.69, 9.17) is 0 Å². The zero-order valence-electron chi connectivity index (χ0n) is 13.2. The van der Waals surface area contributed by atoms with Gasteiger partial charge in [-0.1, -0.05) is 6.07 Å². The molecule has 0 unspecified atom stereocenters. The lowest BCUT2D eigenvalue weighted by Gasteiger charge is -2.22. The fourth-order valence-electron chi connectivity index (χ4n) is 2.26. The number of carbonyl (C=O) groups excluding carboxylic acids is 1. The molecule has 1 amide bonds. The number of amides is 1. The third-order valence-corrected chi connectivity index (χ3v) is 3.41. The molecular formula is C17H12F4N4O. The molecular weight excluding hydrogens is 352 g/mol. The first-order valence-electron chi connectivity index (χ1n) is 7.45. The Kier molecular flexibility index (Phi) is 4.70. The topological polar surface area (TPSA) is 51.0 Å². The van der Waals surface area contributed by atoms with E-state index >= 15 is 0 Å². The van der Waals surface area contributed by atoms with E-state index in [1.807, 2.05) is 0 Å². The maximum Gasteiger partial charge on any atom is 0.406 e. The maximum absolute atomic E-state index is 13.0. The fraction of sp³-hybridized carbons (Fsp3) is 0.118. The lowest BCUT2D eigenvalue weighted by atomic mass is 10.3. The number of aromatic nitrogens is 3. The smallest absolute Gasteiger partial charge is 0.282 e. The van der Waals surface area contributed by atoms with Gasteiger partial charge in [0.05, 0.1) is 5.69 Å². The molecule has 0 saturated carbocycles. The lowest BCUT2D eigenvalue weighted by molar-refractivity contribution is -0.118. The molecule has 9 heteroatoms. The molecule has 0 aliphatic carbocycles. The first-order valence-corrected chi connectivity index (χ1v) is 7.45. The molecule has 0 bridgehead atoms. The Bertz CT molecular complexity index is 891. The average molecular weight is 364 g/mol. The normalized spacial score (nSPS) is 11.4. The Balaban J connectivity index is 1.91. The minimum absolute atomic E-state index is 0.133. The standard InChI is InChI=1S/C17H12F4N4O/c18-12-4-6-13(7-5-12)25-10-8-14(23-25)16(26)24(11-17(19,20)21)15-3-1-2-9-22-15/h1-10H,11H2. The van der Waals surface area contributed by atoms with Crippen LogP contribution in [0.1, 0.15) is 10.5 Å². The molecule has 0 N–H and O–H groups in total. The van der Waals surface area contributed by atoms with Crippen LogP contribution in [-0.4, -0.2) is 33.4 Å². The quantitative estimate of drug-likeness (QED) is 0.665. The predicted octanol–water partition coefficient (Wildman–Crippen LogP) is 3.62. The number of pyridine rings is 1. The van der Waals surface area contributed by atoms with E-state index in [1.54, 1.807) is 0 Å². The summed E-state index contributed by atoms with van der Waals surface area (Å²) in [4.78, 5) is 16.9. The van der Waals surface area contributed by atoms with Gasteiger partial charge in [-0.05, 0) is 42.5 Å². The highest BCUT2D eigenvalue weighted by atomic mass is 19.4. The zero-order valence-corrected chi connectivity index (χ0v) is 13.2. The molecule has 134 valence electrons. The Labute approximate surface area is 145 Å². The van der Waals surface area contributed by atoms with Crippen LogP contribution in [0.15, 0.2) is 60.9 Å². The number of halogens is 4. The molecule has 5 nitrogen and oxygen atoms in total. The van der Waals surface area contributed by atoms with Gasteiger partial charge >= 0.3 is 6.18 Å². The SMILES string of the molecule is O=C(c1ccn(-c2ccc(F)cc2)n1)N(CC(F)(F)F)c1ccccn1. The van der Waals surface area contributed by atoms with Crippen molar-refractivity contribution >= 4 is 11.7 Å². The number of rotatable bonds is 4. The maximum atomic E-state index is 13.0. The predicted molar refractivity (Wildman–Crippen MR) is 85.5 cm³/mol. The van der Waals surface area contributed by atoms with Gasteiger partial charge in [-0.25, -0.2) is 14.1 Å². The third kappa shape index (κ3) is 4.05. The van der Waals surface area contributed by atoms with Crippen LogP contribution < -0.4 is 4.90 Å². The van der Waals surface area contributed by atoms with Crippen molar-refractivity contribution in [3.8, 4) is 5.69 Å². The first-order chi connectivity index (χ1) is 12.3. The molecule has 26 heavy (non-hydrogen) atoms. The Hall–Kier alpha value is -3.23. The van der Waals surface area contributed by atoms with Crippen LogP contribution in [0.3, 0.4) is 0 Å². The molecule has 0 radical (unpaired) electrons. The third-order valence-electron chi connectivity index (χ3n) is 3.41. The van der Waals surface area contributed by atoms with Crippen LogP contribution in [0.25, 0.3) is 5.69 Å². The molecule has 1 aromatic carbocycles. The van der Waals surface area contributed by atoms with Crippen molar-refractivity contribution in [3.63, 3.8) is 0 Å². The molecule has 0 spiro atoms. The number of benzene rings is 1. The van der Waals surface area contributed by atoms with Gasteiger partial charge in [-0.2, -0.15) is 18.3 Å². The molecule has 3 rings (SSSR count). The van der Waals surface area contributed by atoms with E-state index in [2.05, 4.69) is 10.1 Å². The number of anilines is 1. The van der Waals surface area contributed by atoms with Gasteiger partial charge in [0, 0.05) is 12.4 Å². The van der Waals surface area contributed by atoms with Crippen molar-refractivity contribution in [2.45, 2.75) is 6.18 Å². The largest absolute Gasteiger partial charge is 0.406 e. The van der Waals surface area contributed by atoms with Crippen LogP contribution >= 0.6 is 0 Å². The molecule has 2 heterocycles. The van der Waals surface area contributed by atoms with Crippen LogP contribution in [0.4, 0.5) is 23.4 Å². The second-order valence-electron chi connectivity index (χ2n) is 5.32. The van der Waals surface area contributed by atoms with Crippen molar-refractivity contribution in [1.82, 2.24) is 14.8 Å². The minimum atomic E-state index is -4.60. The molecule has 0 aliphatic rings. The van der Waals surface area contributed by atoms with E-state index in [-0.39, 0.29) is 11.5 Å². The summed E-state index contributed by atoms with van der Waals surface area (Å²) in [6.07, 6.45) is -1.90. The summed E-state index contributed by atoms with van der Waals surface area (Å²) < 4.78 is 52.9.